The summed E-state index contributed by atoms with van der Waals surface area (Å²) >= 11 is 0. The molecule has 10 nitrogen and oxygen atoms in total. The molecule has 0 spiro atoms. The number of carbonyl (C=O) groups excluding carboxylic acids is 3. The highest BCUT2D eigenvalue weighted by molar-refractivity contribution is 5.93. The van der Waals surface area contributed by atoms with Gasteiger partial charge in [0.2, 0.25) is 17.7 Å². The number of aliphatic hydroxyl groups is 3. The molecule has 1 heterocycles. The summed E-state index contributed by atoms with van der Waals surface area (Å²) in [6.45, 7) is 0.122. The number of fused-ring (bicyclic) bond motifs is 1. The van der Waals surface area contributed by atoms with Crippen LogP contribution in [0.1, 0.15) is 57.1 Å². The number of nitrogens with one attached hydrogen (secondary N) is 1. The molecule has 0 radical (unpaired) electrons. The number of likely N-dealkylation sites (tertiary alicyclic amines) is 1. The van der Waals surface area contributed by atoms with E-state index in [4.69, 9.17) is 15.6 Å². The number of nitrogens with two attached hydrogens (primary N) is 1. The van der Waals surface area contributed by atoms with Gasteiger partial charge in [-0.1, -0.05) is 78.9 Å². The van der Waals surface area contributed by atoms with Crippen LogP contribution in [0.3, 0.4) is 0 Å². The van der Waals surface area contributed by atoms with Gasteiger partial charge in [-0.25, -0.2) is 0 Å². The maximum absolute atomic E-state index is 14.1. The zero-order chi connectivity index (χ0) is 36.6. The number of benzene rings is 4. The van der Waals surface area contributed by atoms with Crippen LogP contribution >= 0.6 is 0 Å². The number of hydrogen-bond acceptors (Lipinski definition) is 7. The number of primary amides is 1. The van der Waals surface area contributed by atoms with Gasteiger partial charge in [-0.3, -0.25) is 14.4 Å². The van der Waals surface area contributed by atoms with Crippen molar-refractivity contribution in [3.8, 4) is 5.75 Å². The number of β-amino-alcohol motifs (C(OH)–C–C–N with tert-alkyl or cyclic N) is 1. The minimum Gasteiger partial charge on any atom is -0.491 e. The van der Waals surface area contributed by atoms with Gasteiger partial charge in [0.1, 0.15) is 12.4 Å². The second kappa shape index (κ2) is 17.0. The number of ether oxygens (including phenoxy) is 1. The molecule has 52 heavy (non-hydrogen) atoms. The van der Waals surface area contributed by atoms with Crippen LogP contribution in [0.2, 0.25) is 0 Å². The molecule has 4 aromatic carbocycles. The topological polar surface area (TPSA) is 162 Å². The van der Waals surface area contributed by atoms with E-state index in [0.717, 1.165) is 27.8 Å². The summed E-state index contributed by atoms with van der Waals surface area (Å²) in [5.41, 5.74) is 10.6. The molecule has 1 aliphatic carbocycles. The monoisotopic (exact) mass is 705 g/mol. The number of hydrogen-bond donors (Lipinski definition) is 5. The molecular formula is C42H47N3O7. The van der Waals surface area contributed by atoms with Crippen molar-refractivity contribution in [2.75, 3.05) is 19.8 Å². The van der Waals surface area contributed by atoms with Crippen LogP contribution in [-0.4, -0.2) is 75.9 Å². The van der Waals surface area contributed by atoms with E-state index in [-0.39, 0.29) is 50.0 Å². The van der Waals surface area contributed by atoms with E-state index in [1.807, 2.05) is 72.8 Å². The van der Waals surface area contributed by atoms with Crippen LogP contribution in [-0.2, 0) is 35.3 Å². The van der Waals surface area contributed by atoms with Crippen LogP contribution in [0, 0.1) is 11.8 Å². The molecule has 4 aromatic rings. The number of aliphatic hydroxyl groups excluding tert-OH is 3. The van der Waals surface area contributed by atoms with Gasteiger partial charge in [-0.2, -0.15) is 0 Å². The zero-order valence-corrected chi connectivity index (χ0v) is 29.1. The first kappa shape index (κ1) is 36.8. The van der Waals surface area contributed by atoms with Crippen molar-refractivity contribution in [3.05, 3.63) is 137 Å². The smallest absolute Gasteiger partial charge is 0.248 e. The van der Waals surface area contributed by atoms with Crippen LogP contribution in [0.5, 0.6) is 5.75 Å². The second-order valence-electron chi connectivity index (χ2n) is 14.0. The van der Waals surface area contributed by atoms with E-state index in [2.05, 4.69) is 5.32 Å². The number of nitrogens with zero attached hydrogens (tertiary/aromatic N) is 1. The van der Waals surface area contributed by atoms with Gasteiger partial charge in [0.05, 0.1) is 24.9 Å². The van der Waals surface area contributed by atoms with Crippen molar-refractivity contribution in [1.29, 1.82) is 0 Å². The molecule has 10 heteroatoms. The van der Waals surface area contributed by atoms with E-state index < -0.39 is 30.1 Å². The maximum atomic E-state index is 14.1. The molecule has 0 bridgehead atoms. The Kier molecular flexibility index (Phi) is 12.0. The Bertz CT molecular complexity index is 1830. The Morgan fingerprint density at radius 2 is 1.63 bits per heavy atom. The van der Waals surface area contributed by atoms with E-state index in [1.54, 1.807) is 35.2 Å². The first-order valence-corrected chi connectivity index (χ1v) is 18.0. The van der Waals surface area contributed by atoms with E-state index in [9.17, 15) is 24.6 Å². The van der Waals surface area contributed by atoms with E-state index >= 15 is 0 Å². The van der Waals surface area contributed by atoms with Crippen molar-refractivity contribution < 1.29 is 34.4 Å². The fourth-order valence-corrected chi connectivity index (χ4v) is 7.70. The summed E-state index contributed by atoms with van der Waals surface area (Å²) in [5.74, 6) is -1.31. The normalized spacial score (nSPS) is 20.7. The fourth-order valence-electron chi connectivity index (χ4n) is 7.70. The highest BCUT2D eigenvalue weighted by Gasteiger charge is 2.41. The fraction of sp³-hybridized carbons (Fsp3) is 0.357. The highest BCUT2D eigenvalue weighted by atomic mass is 16.5. The molecule has 6 N–H and O–H groups in total. The SMILES string of the molecule is NC(=O)c1cccc(C[C@H]2C[C@H](Cc3ccccc3)N(C[C@@H](O)C[C@@H](Cc3ccc(OCCO)cc3)C(=O)N[C@H]3c4ccccc4C[C@H]3O)C2=O)c1. The van der Waals surface area contributed by atoms with Gasteiger partial charge in [-0.05, 0) is 84.2 Å². The first-order chi connectivity index (χ1) is 25.2. The Hall–Kier alpha value is -5.03. The minimum absolute atomic E-state index is 0.0563. The van der Waals surface area contributed by atoms with Crippen LogP contribution in [0.25, 0.3) is 0 Å². The van der Waals surface area contributed by atoms with E-state index in [1.165, 1.54) is 0 Å². The molecule has 272 valence electrons. The molecule has 0 unspecified atom stereocenters. The van der Waals surface area contributed by atoms with Gasteiger partial charge in [0.25, 0.3) is 0 Å². The molecule has 2 aliphatic rings. The summed E-state index contributed by atoms with van der Waals surface area (Å²) in [5, 5.41) is 34.8. The molecule has 6 atom stereocenters. The largest absolute Gasteiger partial charge is 0.491 e. The van der Waals surface area contributed by atoms with Crippen LogP contribution in [0.15, 0.2) is 103 Å². The maximum Gasteiger partial charge on any atom is 0.248 e. The van der Waals surface area contributed by atoms with Gasteiger partial charge in [-0.15, -0.1) is 0 Å². The lowest BCUT2D eigenvalue weighted by molar-refractivity contribution is -0.133. The standard InChI is InChI=1S/C42H47N3O7/c43-40(49)31-11-6-9-29(20-31)21-33-23-34(22-27-7-2-1-3-8-27)45(42(33)51)26-35(47)24-32(19-28-13-15-36(16-14-28)52-18-17-46)41(50)44-39-37-12-5-4-10-30(37)25-38(39)48/h1-16,20,32-35,38-39,46-48H,17-19,21-26H2,(H2,43,49)(H,44,50)/t32-,33+,34+,35+,38-,39+/m1/s1. The number of amides is 3. The summed E-state index contributed by atoms with van der Waals surface area (Å²) in [6, 6.07) is 31.2. The van der Waals surface area contributed by atoms with Gasteiger partial charge >= 0.3 is 0 Å². The third-order valence-electron chi connectivity index (χ3n) is 10.2. The average Bonchev–Trinajstić information content (AvgIpc) is 3.61. The third kappa shape index (κ3) is 9.06. The Labute approximate surface area is 304 Å². The Morgan fingerprint density at radius 3 is 2.38 bits per heavy atom. The molecule has 0 aromatic heterocycles. The quantitative estimate of drug-likeness (QED) is 0.119. The lowest BCUT2D eigenvalue weighted by Crippen LogP contribution is -2.43. The predicted octanol–water partition coefficient (Wildman–Crippen LogP) is 3.54. The lowest BCUT2D eigenvalue weighted by Gasteiger charge is -2.29. The predicted molar refractivity (Wildman–Crippen MR) is 196 cm³/mol. The summed E-state index contributed by atoms with van der Waals surface area (Å²) in [4.78, 5) is 41.7. The van der Waals surface area contributed by atoms with Gasteiger partial charge < -0.3 is 36.0 Å². The average molecular weight is 706 g/mol. The Balaban J connectivity index is 1.20. The third-order valence-corrected chi connectivity index (χ3v) is 10.2. The molecule has 0 saturated carbocycles. The molecule has 6 rings (SSSR count). The molecule has 3 amide bonds. The molecule has 1 aliphatic heterocycles. The van der Waals surface area contributed by atoms with E-state index in [0.29, 0.717) is 43.4 Å². The lowest BCUT2D eigenvalue weighted by atomic mass is 9.91. The number of carbonyl (C=O) groups is 3. The molecule has 1 saturated heterocycles. The van der Waals surface area contributed by atoms with Crippen molar-refractivity contribution in [2.45, 2.75) is 62.8 Å². The van der Waals surface area contributed by atoms with Crippen molar-refractivity contribution in [3.63, 3.8) is 0 Å². The minimum atomic E-state index is -1.01. The van der Waals surface area contributed by atoms with Crippen molar-refractivity contribution in [1.82, 2.24) is 10.2 Å². The van der Waals surface area contributed by atoms with Crippen molar-refractivity contribution >= 4 is 17.7 Å². The van der Waals surface area contributed by atoms with Crippen LogP contribution in [0.4, 0.5) is 0 Å². The number of rotatable bonds is 16. The Morgan fingerprint density at radius 1 is 0.904 bits per heavy atom. The zero-order valence-electron chi connectivity index (χ0n) is 29.1. The summed E-state index contributed by atoms with van der Waals surface area (Å²) in [7, 11) is 0. The summed E-state index contributed by atoms with van der Waals surface area (Å²) < 4.78 is 5.51. The molecular weight excluding hydrogens is 658 g/mol. The van der Waals surface area contributed by atoms with Gasteiger partial charge in [0, 0.05) is 36.4 Å². The first-order valence-electron chi connectivity index (χ1n) is 18.0. The summed E-state index contributed by atoms with van der Waals surface area (Å²) in [6.07, 6.45) is 0.697. The van der Waals surface area contributed by atoms with Crippen LogP contribution < -0.4 is 15.8 Å². The van der Waals surface area contributed by atoms with Crippen molar-refractivity contribution in [2.24, 2.45) is 17.6 Å². The highest BCUT2D eigenvalue weighted by Crippen LogP contribution is 2.33. The molecule has 1 fully saturated rings. The second-order valence-corrected chi connectivity index (χ2v) is 14.0. The van der Waals surface area contributed by atoms with Gasteiger partial charge in [0.15, 0.2) is 0 Å².